The van der Waals surface area contributed by atoms with E-state index >= 15 is 0 Å². The van der Waals surface area contributed by atoms with Crippen LogP contribution in [0.1, 0.15) is 12.5 Å². The van der Waals surface area contributed by atoms with Gasteiger partial charge in [0.2, 0.25) is 0 Å². The summed E-state index contributed by atoms with van der Waals surface area (Å²) in [6.07, 6.45) is -4.91. The van der Waals surface area contributed by atoms with Crippen LogP contribution in [0.5, 0.6) is 5.75 Å². The van der Waals surface area contributed by atoms with Gasteiger partial charge in [0.25, 0.3) is 0 Å². The molecule has 0 radical (unpaired) electrons. The Morgan fingerprint density at radius 3 is 2.32 bits per heavy atom. The maximum absolute atomic E-state index is 13.1. The third-order valence-corrected chi connectivity index (χ3v) is 6.12. The van der Waals surface area contributed by atoms with Crippen LogP contribution < -0.4 is 4.74 Å². The lowest BCUT2D eigenvalue weighted by Gasteiger charge is -2.17. The lowest BCUT2D eigenvalue weighted by atomic mass is 10.2. The molecule has 0 saturated heterocycles. The molecule has 0 bridgehead atoms. The molecular formula is C17H14ClF3O5S2. The molecule has 2 rings (SSSR count). The number of sulfone groups is 1. The minimum absolute atomic E-state index is 0.0163. The van der Waals surface area contributed by atoms with Crippen molar-refractivity contribution in [2.75, 3.05) is 6.26 Å². The summed E-state index contributed by atoms with van der Waals surface area (Å²) in [5.74, 6) is -1.36. The first-order valence-electron chi connectivity index (χ1n) is 7.57. The molecule has 0 aliphatic rings. The standard InChI is InChI=1S/C17H14ClF3O5S2/c1-9(16(22)23)26-13-5-3-10(17(19,20)21)7-15(13)27-14-6-4-11(8-12(14)18)28(2,24)25/h3-9H,1-2H3,(H,22,23)/t9-/m0/s1. The van der Waals surface area contributed by atoms with Gasteiger partial charge >= 0.3 is 12.1 Å². The van der Waals surface area contributed by atoms with E-state index in [2.05, 4.69) is 0 Å². The number of carboxylic acids is 1. The van der Waals surface area contributed by atoms with Crippen molar-refractivity contribution >= 4 is 39.2 Å². The number of carbonyl (C=O) groups is 1. The minimum Gasteiger partial charge on any atom is -0.479 e. The summed E-state index contributed by atoms with van der Waals surface area (Å²) >= 11 is 6.88. The summed E-state index contributed by atoms with van der Waals surface area (Å²) < 4.78 is 67.6. The van der Waals surface area contributed by atoms with Gasteiger partial charge in [0.15, 0.2) is 15.9 Å². The van der Waals surface area contributed by atoms with E-state index in [-0.39, 0.29) is 25.5 Å². The van der Waals surface area contributed by atoms with Crippen molar-refractivity contribution in [3.63, 3.8) is 0 Å². The van der Waals surface area contributed by atoms with Crippen molar-refractivity contribution in [1.29, 1.82) is 0 Å². The van der Waals surface area contributed by atoms with Crippen LogP contribution in [0.4, 0.5) is 13.2 Å². The summed E-state index contributed by atoms with van der Waals surface area (Å²) in [5.41, 5.74) is -0.950. The Kier molecular flexibility index (Phi) is 6.57. The topological polar surface area (TPSA) is 80.7 Å². The molecule has 0 heterocycles. The van der Waals surface area contributed by atoms with Crippen LogP contribution in [0, 0.1) is 0 Å². The zero-order valence-corrected chi connectivity index (χ0v) is 16.8. The van der Waals surface area contributed by atoms with E-state index in [1.165, 1.54) is 25.1 Å². The Morgan fingerprint density at radius 1 is 1.18 bits per heavy atom. The molecule has 0 spiro atoms. The first kappa shape index (κ1) is 22.4. The van der Waals surface area contributed by atoms with Crippen molar-refractivity contribution in [3.05, 3.63) is 47.0 Å². The second-order valence-corrected chi connectivity index (χ2v) is 9.23. The maximum atomic E-state index is 13.1. The molecule has 0 amide bonds. The van der Waals surface area contributed by atoms with E-state index < -0.39 is 33.7 Å². The van der Waals surface area contributed by atoms with E-state index in [9.17, 15) is 26.4 Å². The highest BCUT2D eigenvalue weighted by Gasteiger charge is 2.31. The Hall–Kier alpha value is -1.91. The van der Waals surface area contributed by atoms with Crippen LogP contribution >= 0.6 is 23.4 Å². The Balaban J connectivity index is 2.48. The Morgan fingerprint density at radius 2 is 1.82 bits per heavy atom. The van der Waals surface area contributed by atoms with Crippen LogP contribution in [-0.2, 0) is 20.8 Å². The van der Waals surface area contributed by atoms with Gasteiger partial charge in [0.1, 0.15) is 5.75 Å². The fourth-order valence-corrected chi connectivity index (χ4v) is 3.96. The molecule has 0 unspecified atom stereocenters. The Bertz CT molecular complexity index is 1010. The minimum atomic E-state index is -4.61. The number of hydrogen-bond acceptors (Lipinski definition) is 5. The van der Waals surface area contributed by atoms with Gasteiger partial charge in [-0.2, -0.15) is 13.2 Å². The van der Waals surface area contributed by atoms with Gasteiger partial charge in [-0.05, 0) is 43.3 Å². The second-order valence-electron chi connectivity index (χ2n) is 5.72. The number of carboxylic acid groups (broad SMARTS) is 1. The first-order chi connectivity index (χ1) is 12.8. The molecule has 1 atom stereocenters. The second kappa shape index (κ2) is 8.22. The van der Waals surface area contributed by atoms with Crippen molar-refractivity contribution in [2.24, 2.45) is 0 Å². The summed E-state index contributed by atoms with van der Waals surface area (Å²) in [4.78, 5) is 11.2. The molecule has 2 aromatic carbocycles. The zero-order chi connectivity index (χ0) is 21.3. The quantitative estimate of drug-likeness (QED) is 0.677. The third-order valence-electron chi connectivity index (χ3n) is 3.47. The van der Waals surface area contributed by atoms with E-state index in [1.54, 1.807) is 0 Å². The molecule has 0 fully saturated rings. The van der Waals surface area contributed by atoms with Crippen molar-refractivity contribution < 1.29 is 36.2 Å². The molecule has 5 nitrogen and oxygen atoms in total. The summed E-state index contributed by atoms with van der Waals surface area (Å²) in [7, 11) is -3.51. The maximum Gasteiger partial charge on any atom is 0.416 e. The van der Waals surface area contributed by atoms with E-state index in [0.29, 0.717) is 0 Å². The average Bonchev–Trinajstić information content (AvgIpc) is 2.56. The van der Waals surface area contributed by atoms with Crippen molar-refractivity contribution in [1.82, 2.24) is 0 Å². The molecule has 2 aromatic rings. The fraction of sp³-hybridized carbons (Fsp3) is 0.235. The van der Waals surface area contributed by atoms with E-state index in [1.807, 2.05) is 0 Å². The van der Waals surface area contributed by atoms with Gasteiger partial charge in [0.05, 0.1) is 20.4 Å². The smallest absolute Gasteiger partial charge is 0.416 e. The lowest BCUT2D eigenvalue weighted by Crippen LogP contribution is -2.23. The van der Waals surface area contributed by atoms with Crippen LogP contribution in [0.15, 0.2) is 51.1 Å². The zero-order valence-electron chi connectivity index (χ0n) is 14.5. The fourth-order valence-electron chi connectivity index (χ4n) is 2.02. The van der Waals surface area contributed by atoms with Crippen molar-refractivity contribution in [2.45, 2.75) is 33.9 Å². The summed E-state index contributed by atoms with van der Waals surface area (Å²) in [6.45, 7) is 1.24. The molecule has 0 aliphatic carbocycles. The van der Waals surface area contributed by atoms with Gasteiger partial charge in [-0.1, -0.05) is 23.4 Å². The number of halogens is 4. The average molecular weight is 455 g/mol. The summed E-state index contributed by atoms with van der Waals surface area (Å²) in [5, 5.41) is 8.99. The van der Waals surface area contributed by atoms with Crippen LogP contribution in [-0.4, -0.2) is 31.9 Å². The molecule has 1 N–H and O–H groups in total. The largest absolute Gasteiger partial charge is 0.479 e. The Labute approximate surface area is 168 Å². The number of hydrogen-bond donors (Lipinski definition) is 1. The highest BCUT2D eigenvalue weighted by Crippen LogP contribution is 2.42. The predicted molar refractivity (Wildman–Crippen MR) is 97.9 cm³/mol. The SMILES string of the molecule is C[C@H](Oc1ccc(C(F)(F)F)cc1Sc1ccc(S(C)(=O)=O)cc1Cl)C(=O)O. The molecule has 152 valence electrons. The van der Waals surface area contributed by atoms with Crippen LogP contribution in [0.25, 0.3) is 0 Å². The normalized spacial score (nSPS) is 13.2. The molecule has 0 aliphatic heterocycles. The molecule has 11 heteroatoms. The highest BCUT2D eigenvalue weighted by molar-refractivity contribution is 7.99. The van der Waals surface area contributed by atoms with Crippen LogP contribution in [0.3, 0.4) is 0 Å². The predicted octanol–water partition coefficient (Wildman–Crippen LogP) is 4.77. The van der Waals surface area contributed by atoms with Crippen molar-refractivity contribution in [3.8, 4) is 5.75 Å². The lowest BCUT2D eigenvalue weighted by molar-refractivity contribution is -0.144. The number of benzene rings is 2. The third kappa shape index (κ3) is 5.55. The van der Waals surface area contributed by atoms with Gasteiger partial charge in [-0.25, -0.2) is 13.2 Å². The number of rotatable bonds is 6. The first-order valence-corrected chi connectivity index (χ1v) is 10.7. The van der Waals surface area contributed by atoms with E-state index in [0.717, 1.165) is 36.2 Å². The number of ether oxygens (including phenoxy) is 1. The van der Waals surface area contributed by atoms with Gasteiger partial charge in [-0.15, -0.1) is 0 Å². The van der Waals surface area contributed by atoms with Gasteiger partial charge in [-0.3, -0.25) is 0 Å². The van der Waals surface area contributed by atoms with E-state index in [4.69, 9.17) is 21.4 Å². The number of alkyl halides is 3. The number of aliphatic carboxylic acids is 1. The van der Waals surface area contributed by atoms with Crippen LogP contribution in [0.2, 0.25) is 5.02 Å². The molecule has 0 saturated carbocycles. The molecular weight excluding hydrogens is 441 g/mol. The molecule has 28 heavy (non-hydrogen) atoms. The highest BCUT2D eigenvalue weighted by atomic mass is 35.5. The van der Waals surface area contributed by atoms with Gasteiger partial charge in [0, 0.05) is 11.2 Å². The molecule has 0 aromatic heterocycles. The summed E-state index contributed by atoms with van der Waals surface area (Å²) in [6, 6.07) is 6.44. The van der Waals surface area contributed by atoms with Gasteiger partial charge < -0.3 is 9.84 Å². The monoisotopic (exact) mass is 454 g/mol.